The number of imide groups is 2. The zero-order chi connectivity index (χ0) is 15.5. The molecular weight excluding hydrogens is 308 g/mol. The molecule has 2 N–H and O–H groups in total. The number of amides is 4. The maximum atomic E-state index is 11.6. The number of urea groups is 1. The lowest BCUT2D eigenvalue weighted by atomic mass is 10.1. The third-order valence-corrected chi connectivity index (χ3v) is 3.38. The van der Waals surface area contributed by atoms with Crippen LogP contribution in [0.2, 0.25) is 0 Å². The molecule has 1 fully saturated rings. The number of nitrogens with one attached hydrogen (secondary N) is 2. The minimum Gasteiger partial charge on any atom is -0.450 e. The van der Waals surface area contributed by atoms with Gasteiger partial charge in [-0.15, -0.1) is 0 Å². The van der Waals surface area contributed by atoms with Crippen molar-refractivity contribution in [2.24, 2.45) is 0 Å². The number of hydrogen-bond donors (Lipinski definition) is 2. The fraction of sp³-hybridized carbons (Fsp3) is 0. The first-order valence-corrected chi connectivity index (χ1v) is 6.86. The Kier molecular flexibility index (Phi) is 3.71. The molecule has 0 spiro atoms. The zero-order valence-electron chi connectivity index (χ0n) is 10.9. The lowest BCUT2D eigenvalue weighted by molar-refractivity contribution is -0.123. The summed E-state index contributed by atoms with van der Waals surface area (Å²) >= 11 is 1.20. The van der Waals surface area contributed by atoms with Crippen LogP contribution in [-0.4, -0.2) is 27.8 Å². The Morgan fingerprint density at radius 1 is 1.05 bits per heavy atom. The fourth-order valence-corrected chi connectivity index (χ4v) is 2.32. The van der Waals surface area contributed by atoms with Gasteiger partial charge in [0.05, 0.1) is 0 Å². The second-order valence-corrected chi connectivity index (χ2v) is 5.06. The van der Waals surface area contributed by atoms with Crippen LogP contribution in [-0.2, 0) is 9.59 Å². The van der Waals surface area contributed by atoms with Crippen molar-refractivity contribution < 1.29 is 18.8 Å². The summed E-state index contributed by atoms with van der Waals surface area (Å²) in [5.41, 5.74) is -0.207. The predicted octanol–water partition coefficient (Wildman–Crippen LogP) is 0.970. The monoisotopic (exact) mass is 316 g/mol. The van der Waals surface area contributed by atoms with Gasteiger partial charge in [0, 0.05) is 12.4 Å². The van der Waals surface area contributed by atoms with Gasteiger partial charge in [0.1, 0.15) is 11.3 Å². The van der Waals surface area contributed by atoms with Gasteiger partial charge in [-0.25, -0.2) is 14.8 Å². The van der Waals surface area contributed by atoms with Crippen molar-refractivity contribution in [2.75, 3.05) is 0 Å². The third-order valence-electron chi connectivity index (χ3n) is 2.57. The molecule has 4 amide bonds. The predicted molar refractivity (Wildman–Crippen MR) is 74.5 cm³/mol. The molecule has 22 heavy (non-hydrogen) atoms. The van der Waals surface area contributed by atoms with E-state index in [1.807, 2.05) is 10.6 Å². The molecule has 0 bridgehead atoms. The van der Waals surface area contributed by atoms with E-state index in [1.54, 1.807) is 30.6 Å². The number of carbonyl (C=O) groups excluding carboxylic acids is 3. The van der Waals surface area contributed by atoms with E-state index in [0.29, 0.717) is 16.0 Å². The van der Waals surface area contributed by atoms with Crippen LogP contribution in [0.15, 0.2) is 50.8 Å². The average Bonchev–Trinajstić information content (AvgIpc) is 2.91. The van der Waals surface area contributed by atoms with E-state index < -0.39 is 17.8 Å². The van der Waals surface area contributed by atoms with Crippen LogP contribution < -0.4 is 10.6 Å². The summed E-state index contributed by atoms with van der Waals surface area (Å²) in [4.78, 5) is 42.2. The fourth-order valence-electron chi connectivity index (χ4n) is 1.64. The SMILES string of the molecule is O=C1NC(=O)C(=Cc2ccc(Sc3ncccn3)o2)C(=O)N1. The van der Waals surface area contributed by atoms with E-state index >= 15 is 0 Å². The minimum atomic E-state index is -0.843. The van der Waals surface area contributed by atoms with Crippen molar-refractivity contribution in [3.8, 4) is 0 Å². The second-order valence-electron chi connectivity index (χ2n) is 4.09. The Bertz CT molecular complexity index is 762. The molecule has 0 radical (unpaired) electrons. The van der Waals surface area contributed by atoms with Crippen molar-refractivity contribution >= 4 is 35.7 Å². The topological polar surface area (TPSA) is 114 Å². The summed E-state index contributed by atoms with van der Waals surface area (Å²) in [6, 6.07) is 4.11. The molecule has 2 aromatic heterocycles. The van der Waals surface area contributed by atoms with Gasteiger partial charge in [0.2, 0.25) is 0 Å². The van der Waals surface area contributed by atoms with Crippen LogP contribution in [0.1, 0.15) is 5.76 Å². The number of carbonyl (C=O) groups is 3. The van der Waals surface area contributed by atoms with Gasteiger partial charge in [-0.2, -0.15) is 0 Å². The zero-order valence-corrected chi connectivity index (χ0v) is 11.7. The summed E-state index contributed by atoms with van der Waals surface area (Å²) < 4.78 is 5.48. The molecule has 2 aromatic rings. The van der Waals surface area contributed by atoms with Crippen molar-refractivity contribution in [3.05, 3.63) is 41.9 Å². The van der Waals surface area contributed by atoms with Crippen molar-refractivity contribution in [2.45, 2.75) is 10.2 Å². The molecule has 0 atom stereocenters. The first-order valence-electron chi connectivity index (χ1n) is 6.05. The maximum absolute atomic E-state index is 11.6. The number of aromatic nitrogens is 2. The van der Waals surface area contributed by atoms with Gasteiger partial charge < -0.3 is 4.42 Å². The van der Waals surface area contributed by atoms with Crippen LogP contribution in [0.3, 0.4) is 0 Å². The molecule has 1 aliphatic heterocycles. The third kappa shape index (κ3) is 3.04. The van der Waals surface area contributed by atoms with E-state index in [-0.39, 0.29) is 5.57 Å². The van der Waals surface area contributed by atoms with Gasteiger partial charge >= 0.3 is 6.03 Å². The number of rotatable bonds is 3. The van der Waals surface area contributed by atoms with Crippen LogP contribution in [0.4, 0.5) is 4.79 Å². The molecule has 110 valence electrons. The smallest absolute Gasteiger partial charge is 0.328 e. The molecule has 8 nitrogen and oxygen atoms in total. The highest BCUT2D eigenvalue weighted by molar-refractivity contribution is 7.99. The molecule has 3 rings (SSSR count). The molecule has 3 heterocycles. The molecule has 0 unspecified atom stereocenters. The summed E-state index contributed by atoms with van der Waals surface area (Å²) in [7, 11) is 0. The minimum absolute atomic E-state index is 0.207. The Labute approximate surface area is 128 Å². The Morgan fingerprint density at radius 2 is 1.73 bits per heavy atom. The number of barbiturate groups is 1. The van der Waals surface area contributed by atoms with Gasteiger partial charge in [-0.3, -0.25) is 20.2 Å². The standard InChI is InChI=1S/C13H8N4O4S/c18-10-8(11(19)17-12(20)16-10)6-7-2-3-9(21-7)22-13-14-4-1-5-15-13/h1-6H,(H2,16,17,18,19,20). The number of nitrogens with zero attached hydrogens (tertiary/aromatic N) is 2. The molecule has 0 aromatic carbocycles. The van der Waals surface area contributed by atoms with Crippen LogP contribution in [0.25, 0.3) is 6.08 Å². The lowest BCUT2D eigenvalue weighted by Crippen LogP contribution is -2.51. The Morgan fingerprint density at radius 3 is 2.41 bits per heavy atom. The maximum Gasteiger partial charge on any atom is 0.328 e. The second kappa shape index (κ2) is 5.82. The lowest BCUT2D eigenvalue weighted by Gasteiger charge is -2.13. The highest BCUT2D eigenvalue weighted by Crippen LogP contribution is 2.27. The molecule has 1 saturated heterocycles. The first-order chi connectivity index (χ1) is 10.6. The van der Waals surface area contributed by atoms with Gasteiger partial charge in [-0.1, -0.05) is 0 Å². The van der Waals surface area contributed by atoms with Crippen LogP contribution in [0, 0.1) is 0 Å². The number of hydrogen-bond acceptors (Lipinski definition) is 7. The molecule has 1 aliphatic rings. The van der Waals surface area contributed by atoms with Crippen molar-refractivity contribution in [3.63, 3.8) is 0 Å². The quantitative estimate of drug-likeness (QED) is 0.492. The van der Waals surface area contributed by atoms with E-state index in [1.165, 1.54) is 17.8 Å². The molecule has 9 heteroatoms. The van der Waals surface area contributed by atoms with Crippen LogP contribution >= 0.6 is 11.8 Å². The summed E-state index contributed by atoms with van der Waals surface area (Å²) in [6.45, 7) is 0. The normalized spacial score (nSPS) is 14.5. The Hall–Kier alpha value is -2.94. The first kappa shape index (κ1) is 14.0. The molecule has 0 saturated carbocycles. The molecular formula is C13H8N4O4S. The largest absolute Gasteiger partial charge is 0.450 e. The van der Waals surface area contributed by atoms with Crippen LogP contribution in [0.5, 0.6) is 0 Å². The highest BCUT2D eigenvalue weighted by atomic mass is 32.2. The van der Waals surface area contributed by atoms with Gasteiger partial charge in [0.25, 0.3) is 11.8 Å². The molecule has 0 aliphatic carbocycles. The van der Waals surface area contributed by atoms with Gasteiger partial charge in [-0.05, 0) is 36.0 Å². The summed E-state index contributed by atoms with van der Waals surface area (Å²) in [5, 5.41) is 4.98. The van der Waals surface area contributed by atoms with Gasteiger partial charge in [0.15, 0.2) is 10.2 Å². The van der Waals surface area contributed by atoms with Crippen molar-refractivity contribution in [1.29, 1.82) is 0 Å². The van der Waals surface area contributed by atoms with E-state index in [0.717, 1.165) is 0 Å². The van der Waals surface area contributed by atoms with E-state index in [9.17, 15) is 14.4 Å². The highest BCUT2D eigenvalue weighted by Gasteiger charge is 2.28. The van der Waals surface area contributed by atoms with E-state index in [2.05, 4.69) is 9.97 Å². The van der Waals surface area contributed by atoms with Crippen molar-refractivity contribution in [1.82, 2.24) is 20.6 Å². The number of furan rings is 1. The Balaban J connectivity index is 1.79. The summed E-state index contributed by atoms with van der Waals surface area (Å²) in [6.07, 6.45) is 4.47. The van der Waals surface area contributed by atoms with E-state index in [4.69, 9.17) is 4.42 Å². The summed E-state index contributed by atoms with van der Waals surface area (Å²) in [5.74, 6) is -1.25. The average molecular weight is 316 g/mol.